The molecule has 0 aliphatic heterocycles. The van der Waals surface area contributed by atoms with Crippen molar-refractivity contribution >= 4 is 22.4 Å². The number of nitrogens with one attached hydrogen (secondary N) is 1. The molecule has 7 heteroatoms. The molecule has 0 unspecified atom stereocenters. The van der Waals surface area contributed by atoms with E-state index in [0.717, 1.165) is 5.01 Å². The van der Waals surface area contributed by atoms with Crippen LogP contribution in [0.15, 0.2) is 18.3 Å². The molecule has 2 aromatic heterocycles. The van der Waals surface area contributed by atoms with E-state index in [9.17, 15) is 4.79 Å². The molecule has 0 saturated carbocycles. The third-order valence-electron chi connectivity index (χ3n) is 2.22. The van der Waals surface area contributed by atoms with Gasteiger partial charge >= 0.3 is 0 Å². The van der Waals surface area contributed by atoms with Crippen molar-refractivity contribution in [1.29, 1.82) is 0 Å². The molecule has 0 spiro atoms. The highest BCUT2D eigenvalue weighted by atomic mass is 32.1. The lowest BCUT2D eigenvalue weighted by atomic mass is 10.2. The highest BCUT2D eigenvalue weighted by molar-refractivity contribution is 7.15. The van der Waals surface area contributed by atoms with Crippen LogP contribution < -0.4 is 10.1 Å². The number of aromatic nitrogens is 3. The second-order valence-corrected chi connectivity index (χ2v) is 4.95. The first-order valence-electron chi connectivity index (χ1n) is 5.85. The average molecular weight is 278 g/mol. The predicted octanol–water partition coefficient (Wildman–Crippen LogP) is 1.82. The molecule has 0 saturated heterocycles. The van der Waals surface area contributed by atoms with Gasteiger partial charge in [-0.25, -0.2) is 0 Å². The number of carbonyl (C=O) groups excluding carboxylic acids is 1. The van der Waals surface area contributed by atoms with Gasteiger partial charge in [-0.2, -0.15) is 0 Å². The van der Waals surface area contributed by atoms with Crippen molar-refractivity contribution in [3.05, 3.63) is 29.0 Å². The molecular formula is C12H14N4O2S. The van der Waals surface area contributed by atoms with Gasteiger partial charge in [-0.15, -0.1) is 10.2 Å². The van der Waals surface area contributed by atoms with Gasteiger partial charge in [0.1, 0.15) is 10.8 Å². The molecule has 0 bridgehead atoms. The van der Waals surface area contributed by atoms with E-state index in [4.69, 9.17) is 4.74 Å². The summed E-state index contributed by atoms with van der Waals surface area (Å²) in [6.45, 7) is 4.34. The van der Waals surface area contributed by atoms with Gasteiger partial charge < -0.3 is 10.1 Å². The van der Waals surface area contributed by atoms with Gasteiger partial charge in [0, 0.05) is 5.69 Å². The smallest absolute Gasteiger partial charge is 0.232 e. The molecule has 2 aromatic rings. The van der Waals surface area contributed by atoms with Gasteiger partial charge in [-0.05, 0) is 26.0 Å². The maximum absolute atomic E-state index is 11.8. The van der Waals surface area contributed by atoms with E-state index in [1.54, 1.807) is 18.3 Å². The van der Waals surface area contributed by atoms with Crippen molar-refractivity contribution < 1.29 is 9.53 Å². The van der Waals surface area contributed by atoms with Crippen molar-refractivity contribution in [2.75, 3.05) is 11.9 Å². The fourth-order valence-electron chi connectivity index (χ4n) is 1.44. The summed E-state index contributed by atoms with van der Waals surface area (Å²) in [6, 6.07) is 3.57. The molecule has 1 N–H and O–H groups in total. The molecular weight excluding hydrogens is 264 g/mol. The normalized spacial score (nSPS) is 10.2. The van der Waals surface area contributed by atoms with E-state index in [1.807, 2.05) is 13.8 Å². The van der Waals surface area contributed by atoms with Crippen molar-refractivity contribution in [3.63, 3.8) is 0 Å². The van der Waals surface area contributed by atoms with Gasteiger partial charge in [-0.3, -0.25) is 9.78 Å². The third-order valence-corrected chi connectivity index (χ3v) is 2.98. The number of rotatable bonds is 5. The number of hydrogen-bond donors (Lipinski definition) is 1. The van der Waals surface area contributed by atoms with Crippen LogP contribution in [-0.4, -0.2) is 27.7 Å². The minimum absolute atomic E-state index is 0.159. The molecule has 6 nitrogen and oxygen atoms in total. The van der Waals surface area contributed by atoms with Crippen LogP contribution >= 0.6 is 11.3 Å². The Morgan fingerprint density at radius 1 is 1.42 bits per heavy atom. The zero-order chi connectivity index (χ0) is 13.7. The fraction of sp³-hybridized carbons (Fsp3) is 0.333. The van der Waals surface area contributed by atoms with Crippen molar-refractivity contribution in [3.8, 4) is 5.75 Å². The molecule has 0 radical (unpaired) electrons. The Kier molecular flexibility index (Phi) is 4.40. The lowest BCUT2D eigenvalue weighted by Crippen LogP contribution is -2.15. The lowest BCUT2D eigenvalue weighted by molar-refractivity contribution is -0.115. The SMILES string of the molecule is CCOc1ccc(CC(=O)Nc2nnc(C)s2)nc1. The molecule has 2 heterocycles. The van der Waals surface area contributed by atoms with Gasteiger partial charge in [0.05, 0.1) is 19.2 Å². The van der Waals surface area contributed by atoms with Crippen molar-refractivity contribution in [1.82, 2.24) is 15.2 Å². The lowest BCUT2D eigenvalue weighted by Gasteiger charge is -2.04. The van der Waals surface area contributed by atoms with E-state index >= 15 is 0 Å². The van der Waals surface area contributed by atoms with Crippen LogP contribution in [0, 0.1) is 6.92 Å². The van der Waals surface area contributed by atoms with Crippen molar-refractivity contribution in [2.24, 2.45) is 0 Å². The van der Waals surface area contributed by atoms with E-state index in [0.29, 0.717) is 23.2 Å². The summed E-state index contributed by atoms with van der Waals surface area (Å²) in [4.78, 5) is 15.9. The summed E-state index contributed by atoms with van der Waals surface area (Å²) in [6.07, 6.45) is 1.81. The number of hydrogen-bond acceptors (Lipinski definition) is 6. The second kappa shape index (κ2) is 6.24. The summed E-state index contributed by atoms with van der Waals surface area (Å²) in [5.41, 5.74) is 0.683. The fourth-order valence-corrected chi connectivity index (χ4v) is 2.05. The number of amides is 1. The molecule has 1 amide bonds. The van der Waals surface area contributed by atoms with Crippen molar-refractivity contribution in [2.45, 2.75) is 20.3 Å². The average Bonchev–Trinajstić information content (AvgIpc) is 2.77. The van der Waals surface area contributed by atoms with Gasteiger partial charge in [0.15, 0.2) is 0 Å². The summed E-state index contributed by atoms with van der Waals surface area (Å²) < 4.78 is 5.28. The predicted molar refractivity (Wildman–Crippen MR) is 72.4 cm³/mol. The second-order valence-electron chi connectivity index (χ2n) is 3.77. The minimum Gasteiger partial charge on any atom is -0.492 e. The summed E-state index contributed by atoms with van der Waals surface area (Å²) in [7, 11) is 0. The number of aryl methyl sites for hydroxylation is 1. The molecule has 0 fully saturated rings. The van der Waals surface area contributed by atoms with E-state index < -0.39 is 0 Å². The van der Waals surface area contributed by atoms with E-state index in [1.165, 1.54) is 11.3 Å². The first-order chi connectivity index (χ1) is 9.17. The Bertz CT molecular complexity index is 553. The molecule has 2 rings (SSSR count). The number of nitrogens with zero attached hydrogens (tertiary/aromatic N) is 3. The number of anilines is 1. The number of ether oxygens (including phenoxy) is 1. The number of carbonyl (C=O) groups is 1. The standard InChI is InChI=1S/C12H14N4O2S/c1-3-18-10-5-4-9(13-7-10)6-11(17)14-12-16-15-8(2)19-12/h4-5,7H,3,6H2,1-2H3,(H,14,16,17). The monoisotopic (exact) mass is 278 g/mol. The van der Waals surface area contributed by atoms with E-state index in [-0.39, 0.29) is 12.3 Å². The first kappa shape index (κ1) is 13.4. The summed E-state index contributed by atoms with van der Waals surface area (Å²) in [5.74, 6) is 0.541. The highest BCUT2D eigenvalue weighted by Crippen LogP contribution is 2.14. The third kappa shape index (κ3) is 3.99. The molecule has 0 aromatic carbocycles. The van der Waals surface area contributed by atoms with Crippen LogP contribution in [0.4, 0.5) is 5.13 Å². The van der Waals surface area contributed by atoms with Crippen LogP contribution in [0.5, 0.6) is 5.75 Å². The Labute approximate surface area is 114 Å². The Morgan fingerprint density at radius 2 is 2.26 bits per heavy atom. The quantitative estimate of drug-likeness (QED) is 0.902. The first-order valence-corrected chi connectivity index (χ1v) is 6.66. The summed E-state index contributed by atoms with van der Waals surface area (Å²) in [5, 5.41) is 11.7. The van der Waals surface area contributed by atoms with Crippen LogP contribution in [0.1, 0.15) is 17.6 Å². The van der Waals surface area contributed by atoms with Gasteiger partial charge in [0.25, 0.3) is 0 Å². The topological polar surface area (TPSA) is 77.0 Å². The molecule has 0 atom stereocenters. The maximum atomic E-state index is 11.8. The largest absolute Gasteiger partial charge is 0.492 e. The summed E-state index contributed by atoms with van der Waals surface area (Å²) >= 11 is 1.34. The Hall–Kier alpha value is -2.02. The Morgan fingerprint density at radius 3 is 2.84 bits per heavy atom. The van der Waals surface area contributed by atoms with Crippen LogP contribution in [-0.2, 0) is 11.2 Å². The van der Waals surface area contributed by atoms with Crippen LogP contribution in [0.2, 0.25) is 0 Å². The van der Waals surface area contributed by atoms with Crippen LogP contribution in [0.25, 0.3) is 0 Å². The van der Waals surface area contributed by atoms with Gasteiger partial charge in [-0.1, -0.05) is 11.3 Å². The zero-order valence-corrected chi connectivity index (χ0v) is 11.5. The Balaban J connectivity index is 1.91. The number of pyridine rings is 1. The molecule has 19 heavy (non-hydrogen) atoms. The minimum atomic E-state index is -0.159. The molecule has 0 aliphatic carbocycles. The zero-order valence-electron chi connectivity index (χ0n) is 10.7. The van der Waals surface area contributed by atoms with Gasteiger partial charge in [0.2, 0.25) is 11.0 Å². The highest BCUT2D eigenvalue weighted by Gasteiger charge is 2.08. The molecule has 100 valence electrons. The van der Waals surface area contributed by atoms with Crippen LogP contribution in [0.3, 0.4) is 0 Å². The maximum Gasteiger partial charge on any atom is 0.232 e. The molecule has 0 aliphatic rings. The van der Waals surface area contributed by atoms with E-state index in [2.05, 4.69) is 20.5 Å².